The van der Waals surface area contributed by atoms with Crippen LogP contribution in [0.1, 0.15) is 5.56 Å². The number of aryl methyl sites for hydroxylation is 1. The second-order valence-electron chi connectivity index (χ2n) is 3.21. The number of halogens is 1. The number of rotatable bonds is 2. The summed E-state index contributed by atoms with van der Waals surface area (Å²) in [5, 5.41) is 10.9. The predicted molar refractivity (Wildman–Crippen MR) is 61.6 cm³/mol. The Bertz CT molecular complexity index is 545. The van der Waals surface area contributed by atoms with Crippen LogP contribution < -0.4 is 5.63 Å². The van der Waals surface area contributed by atoms with Gasteiger partial charge in [-0.3, -0.25) is 0 Å². The first kappa shape index (κ1) is 10.2. The second kappa shape index (κ2) is 4.06. The van der Waals surface area contributed by atoms with Crippen LogP contribution in [0.3, 0.4) is 0 Å². The van der Waals surface area contributed by atoms with E-state index in [0.29, 0.717) is 5.58 Å². The molecular weight excluding hydrogens is 260 g/mol. The van der Waals surface area contributed by atoms with Crippen LogP contribution in [-0.4, -0.2) is 10.4 Å². The zero-order valence-electron chi connectivity index (χ0n) is 7.87. The number of hydrogen-bond donors (Lipinski definition) is 1. The van der Waals surface area contributed by atoms with Gasteiger partial charge in [0.25, 0.3) is 0 Å². The summed E-state index contributed by atoms with van der Waals surface area (Å²) in [6.45, 7) is 0. The number of fused-ring (bicyclic) bond motifs is 1. The standard InChI is InChI=1S/C11H9BrO3/c12-4-3-7-5-11(14)15-10-2-1-8(13)6-9(7)10/h1-2,5-6,13H,3-4H2. The monoisotopic (exact) mass is 268 g/mol. The molecule has 2 aromatic rings. The zero-order valence-corrected chi connectivity index (χ0v) is 9.45. The summed E-state index contributed by atoms with van der Waals surface area (Å²) in [7, 11) is 0. The molecule has 15 heavy (non-hydrogen) atoms. The minimum Gasteiger partial charge on any atom is -0.508 e. The molecule has 78 valence electrons. The molecule has 1 aromatic heterocycles. The quantitative estimate of drug-likeness (QED) is 0.673. The van der Waals surface area contributed by atoms with Gasteiger partial charge < -0.3 is 9.52 Å². The van der Waals surface area contributed by atoms with Crippen molar-refractivity contribution in [2.24, 2.45) is 0 Å². The summed E-state index contributed by atoms with van der Waals surface area (Å²) in [5.74, 6) is 0.173. The van der Waals surface area contributed by atoms with Gasteiger partial charge in [-0.05, 0) is 30.2 Å². The van der Waals surface area contributed by atoms with Crippen LogP contribution in [0.5, 0.6) is 5.75 Å². The molecule has 0 saturated heterocycles. The van der Waals surface area contributed by atoms with Crippen LogP contribution in [0, 0.1) is 0 Å². The van der Waals surface area contributed by atoms with E-state index < -0.39 is 0 Å². The highest BCUT2D eigenvalue weighted by Crippen LogP contribution is 2.22. The zero-order chi connectivity index (χ0) is 10.8. The van der Waals surface area contributed by atoms with Crippen molar-refractivity contribution in [3.63, 3.8) is 0 Å². The third kappa shape index (κ3) is 2.04. The van der Waals surface area contributed by atoms with Crippen molar-refractivity contribution in [2.45, 2.75) is 6.42 Å². The Kier molecular flexibility index (Phi) is 2.77. The highest BCUT2D eigenvalue weighted by atomic mass is 79.9. The van der Waals surface area contributed by atoms with Crippen LogP contribution in [-0.2, 0) is 6.42 Å². The largest absolute Gasteiger partial charge is 0.508 e. The lowest BCUT2D eigenvalue weighted by molar-refractivity contribution is 0.475. The minimum atomic E-state index is -0.357. The summed E-state index contributed by atoms with van der Waals surface area (Å²) in [6.07, 6.45) is 0.728. The molecule has 0 aliphatic rings. The Morgan fingerprint density at radius 1 is 1.33 bits per heavy atom. The second-order valence-corrected chi connectivity index (χ2v) is 4.00. The summed E-state index contributed by atoms with van der Waals surface area (Å²) < 4.78 is 5.02. The van der Waals surface area contributed by atoms with Gasteiger partial charge in [-0.25, -0.2) is 4.79 Å². The average Bonchev–Trinajstić information content (AvgIpc) is 2.19. The molecule has 1 heterocycles. The van der Waals surface area contributed by atoms with E-state index in [4.69, 9.17) is 4.42 Å². The van der Waals surface area contributed by atoms with Crippen LogP contribution >= 0.6 is 15.9 Å². The molecule has 0 amide bonds. The van der Waals surface area contributed by atoms with E-state index in [-0.39, 0.29) is 11.4 Å². The van der Waals surface area contributed by atoms with E-state index in [2.05, 4.69) is 15.9 Å². The number of aromatic hydroxyl groups is 1. The molecule has 1 aromatic carbocycles. The van der Waals surface area contributed by atoms with Gasteiger partial charge in [0, 0.05) is 16.8 Å². The normalized spacial score (nSPS) is 10.7. The van der Waals surface area contributed by atoms with Gasteiger partial charge in [0.15, 0.2) is 0 Å². The number of phenolic OH excluding ortho intramolecular Hbond substituents is 1. The first-order valence-corrected chi connectivity index (χ1v) is 5.64. The molecule has 1 N–H and O–H groups in total. The van der Waals surface area contributed by atoms with Crippen LogP contribution in [0.25, 0.3) is 11.0 Å². The van der Waals surface area contributed by atoms with Gasteiger partial charge in [-0.1, -0.05) is 15.9 Å². The lowest BCUT2D eigenvalue weighted by Gasteiger charge is -2.03. The lowest BCUT2D eigenvalue weighted by atomic mass is 10.1. The van der Waals surface area contributed by atoms with E-state index in [1.54, 1.807) is 12.1 Å². The van der Waals surface area contributed by atoms with E-state index in [1.807, 2.05) is 0 Å². The van der Waals surface area contributed by atoms with Gasteiger partial charge in [0.05, 0.1) is 0 Å². The molecule has 0 atom stereocenters. The van der Waals surface area contributed by atoms with Gasteiger partial charge >= 0.3 is 5.63 Å². The van der Waals surface area contributed by atoms with Crippen LogP contribution in [0.2, 0.25) is 0 Å². The molecule has 4 heteroatoms. The van der Waals surface area contributed by atoms with Crippen LogP contribution in [0.4, 0.5) is 0 Å². The van der Waals surface area contributed by atoms with Gasteiger partial charge in [-0.2, -0.15) is 0 Å². The summed E-state index contributed by atoms with van der Waals surface area (Å²) in [6, 6.07) is 6.17. The fraction of sp³-hybridized carbons (Fsp3) is 0.182. The first-order chi connectivity index (χ1) is 7.20. The molecule has 0 spiro atoms. The summed E-state index contributed by atoms with van der Waals surface area (Å²) in [4.78, 5) is 11.2. The van der Waals surface area contributed by atoms with E-state index in [9.17, 15) is 9.90 Å². The molecule has 0 unspecified atom stereocenters. The van der Waals surface area contributed by atoms with E-state index >= 15 is 0 Å². The first-order valence-electron chi connectivity index (χ1n) is 4.52. The van der Waals surface area contributed by atoms with Gasteiger partial charge in [0.1, 0.15) is 11.3 Å². The number of hydrogen-bond acceptors (Lipinski definition) is 3. The lowest BCUT2D eigenvalue weighted by Crippen LogP contribution is -2.01. The highest BCUT2D eigenvalue weighted by Gasteiger charge is 2.05. The fourth-order valence-electron chi connectivity index (χ4n) is 1.52. The van der Waals surface area contributed by atoms with Crippen molar-refractivity contribution < 1.29 is 9.52 Å². The van der Waals surface area contributed by atoms with Crippen molar-refractivity contribution in [3.05, 3.63) is 40.2 Å². The van der Waals surface area contributed by atoms with Crippen molar-refractivity contribution >= 4 is 26.9 Å². The molecular formula is C11H9BrO3. The number of phenols is 1. The molecule has 0 aliphatic heterocycles. The Hall–Kier alpha value is -1.29. The maximum atomic E-state index is 11.2. The van der Waals surface area contributed by atoms with Gasteiger partial charge in [-0.15, -0.1) is 0 Å². The number of benzene rings is 1. The Labute approximate surface area is 94.5 Å². The van der Waals surface area contributed by atoms with E-state index in [0.717, 1.165) is 22.7 Å². The van der Waals surface area contributed by atoms with Crippen molar-refractivity contribution in [2.75, 3.05) is 5.33 Å². The topological polar surface area (TPSA) is 50.4 Å². The van der Waals surface area contributed by atoms with Crippen LogP contribution in [0.15, 0.2) is 33.5 Å². The Morgan fingerprint density at radius 2 is 2.13 bits per heavy atom. The Balaban J connectivity index is 2.75. The Morgan fingerprint density at radius 3 is 2.87 bits per heavy atom. The van der Waals surface area contributed by atoms with Crippen molar-refractivity contribution in [3.8, 4) is 5.75 Å². The smallest absolute Gasteiger partial charge is 0.336 e. The molecule has 0 radical (unpaired) electrons. The highest BCUT2D eigenvalue weighted by molar-refractivity contribution is 9.09. The summed E-state index contributed by atoms with van der Waals surface area (Å²) >= 11 is 3.32. The minimum absolute atomic E-state index is 0.173. The third-order valence-electron chi connectivity index (χ3n) is 2.18. The SMILES string of the molecule is O=c1cc(CCBr)c2cc(O)ccc2o1. The van der Waals surface area contributed by atoms with Gasteiger partial charge in [0.2, 0.25) is 0 Å². The maximum Gasteiger partial charge on any atom is 0.336 e. The molecule has 0 fully saturated rings. The molecule has 2 rings (SSSR count). The van der Waals surface area contributed by atoms with E-state index in [1.165, 1.54) is 12.1 Å². The molecule has 0 saturated carbocycles. The molecule has 0 bridgehead atoms. The molecule has 3 nitrogen and oxygen atoms in total. The fourth-order valence-corrected chi connectivity index (χ4v) is 1.95. The summed E-state index contributed by atoms with van der Waals surface area (Å²) in [5.41, 5.74) is 1.04. The molecule has 0 aliphatic carbocycles. The predicted octanol–water partition coefficient (Wildman–Crippen LogP) is 2.44. The number of alkyl halides is 1. The third-order valence-corrected chi connectivity index (χ3v) is 2.57. The van der Waals surface area contributed by atoms with Crippen molar-refractivity contribution in [1.29, 1.82) is 0 Å². The average molecular weight is 269 g/mol. The maximum absolute atomic E-state index is 11.2. The van der Waals surface area contributed by atoms with Crippen molar-refractivity contribution in [1.82, 2.24) is 0 Å².